The SMILES string of the molecule is Cc1nc(C)c(S(=O)(=O)N(C)C[C@@H](NC(=O)N[C@H](C(=O)N2C[C@H]3[C@@H]([C@H]2C(=O)NC(CC2CC2)C(=O)C(N)=O)C3(C)C)C(C)(C)C)C2CCCCC2)s1. The van der Waals surface area contributed by atoms with Crippen LogP contribution in [0.25, 0.3) is 0 Å². The summed E-state index contributed by atoms with van der Waals surface area (Å²) < 4.78 is 28.7. The Kier molecular flexibility index (Phi) is 11.5. The van der Waals surface area contributed by atoms with Gasteiger partial charge in [-0.1, -0.05) is 66.7 Å². The van der Waals surface area contributed by atoms with E-state index in [0.717, 1.165) is 56.3 Å². The van der Waals surface area contributed by atoms with Crippen LogP contribution in [0.4, 0.5) is 4.79 Å². The summed E-state index contributed by atoms with van der Waals surface area (Å²) in [5, 5.41) is 9.39. The molecule has 16 heteroatoms. The number of nitrogens with zero attached hydrogens (tertiary/aromatic N) is 3. The molecule has 52 heavy (non-hydrogen) atoms. The highest BCUT2D eigenvalue weighted by Gasteiger charge is 2.70. The molecule has 3 saturated carbocycles. The number of urea groups is 1. The fourth-order valence-corrected chi connectivity index (χ4v) is 11.3. The van der Waals surface area contributed by atoms with E-state index in [9.17, 15) is 32.4 Å². The van der Waals surface area contributed by atoms with Crippen molar-refractivity contribution >= 4 is 50.9 Å². The zero-order valence-electron chi connectivity index (χ0n) is 31.8. The highest BCUT2D eigenvalue weighted by molar-refractivity contribution is 7.91. The third-order valence-corrected chi connectivity index (χ3v) is 15.3. The van der Waals surface area contributed by atoms with Crippen molar-refractivity contribution in [3.8, 4) is 0 Å². The van der Waals surface area contributed by atoms with Crippen molar-refractivity contribution in [2.45, 2.75) is 128 Å². The van der Waals surface area contributed by atoms with E-state index in [-0.39, 0.29) is 39.8 Å². The third-order valence-electron chi connectivity index (χ3n) is 11.8. The van der Waals surface area contributed by atoms with Gasteiger partial charge < -0.3 is 26.6 Å². The second-order valence-electron chi connectivity index (χ2n) is 17.2. The van der Waals surface area contributed by atoms with E-state index in [1.807, 2.05) is 34.6 Å². The average molecular weight is 764 g/mol. The van der Waals surface area contributed by atoms with Crippen molar-refractivity contribution in [3.05, 3.63) is 10.7 Å². The zero-order valence-corrected chi connectivity index (χ0v) is 33.4. The van der Waals surface area contributed by atoms with Gasteiger partial charge in [0.15, 0.2) is 4.21 Å². The normalized spacial score (nSPS) is 24.8. The number of rotatable bonds is 14. The molecule has 0 aromatic carbocycles. The second kappa shape index (κ2) is 15.0. The molecule has 14 nitrogen and oxygen atoms in total. The lowest BCUT2D eigenvalue weighted by Crippen LogP contribution is -2.62. The molecule has 0 spiro atoms. The first-order valence-electron chi connectivity index (χ1n) is 18.6. The largest absolute Gasteiger partial charge is 0.363 e. The Balaban J connectivity index is 1.34. The van der Waals surface area contributed by atoms with E-state index < -0.39 is 69.1 Å². The Morgan fingerprint density at radius 1 is 1.02 bits per heavy atom. The number of nitrogens with one attached hydrogen (secondary N) is 3. The number of hydrogen-bond acceptors (Lipinski definition) is 9. The molecule has 3 aliphatic carbocycles. The molecule has 6 atom stereocenters. The molecule has 1 aromatic heterocycles. The number of aromatic nitrogens is 1. The number of carbonyl (C=O) groups is 5. The maximum Gasteiger partial charge on any atom is 0.315 e. The van der Waals surface area contributed by atoms with E-state index in [0.29, 0.717) is 23.7 Å². The number of likely N-dealkylation sites (tertiary alicyclic amines) is 1. The first kappa shape index (κ1) is 40.1. The van der Waals surface area contributed by atoms with Gasteiger partial charge in [-0.3, -0.25) is 19.2 Å². The van der Waals surface area contributed by atoms with Gasteiger partial charge in [-0.05, 0) is 67.6 Å². The van der Waals surface area contributed by atoms with Crippen molar-refractivity contribution in [1.29, 1.82) is 0 Å². The summed E-state index contributed by atoms with van der Waals surface area (Å²) in [5.74, 6) is -2.72. The number of sulfonamides is 1. The van der Waals surface area contributed by atoms with Crippen LogP contribution in [-0.4, -0.2) is 96.4 Å². The number of carbonyl (C=O) groups excluding carboxylic acids is 5. The molecule has 1 aromatic rings. The molecule has 1 saturated heterocycles. The van der Waals surface area contributed by atoms with Gasteiger partial charge in [0.2, 0.25) is 17.6 Å². The fraction of sp³-hybridized carbons (Fsp3) is 0.778. The Morgan fingerprint density at radius 2 is 1.65 bits per heavy atom. The van der Waals surface area contributed by atoms with Crippen LogP contribution in [0.15, 0.2) is 4.21 Å². The number of nitrogens with two attached hydrogens (primary N) is 1. The molecule has 290 valence electrons. The van der Waals surface area contributed by atoms with Gasteiger partial charge in [-0.2, -0.15) is 4.31 Å². The fourth-order valence-electron chi connectivity index (χ4n) is 8.43. The Morgan fingerprint density at radius 3 is 2.19 bits per heavy atom. The van der Waals surface area contributed by atoms with Crippen molar-refractivity contribution in [2.24, 2.45) is 40.2 Å². The summed E-state index contributed by atoms with van der Waals surface area (Å²) in [6.07, 6.45) is 6.83. The minimum absolute atomic E-state index is 0.0398. The van der Waals surface area contributed by atoms with Crippen molar-refractivity contribution in [1.82, 2.24) is 30.1 Å². The van der Waals surface area contributed by atoms with Gasteiger partial charge in [-0.25, -0.2) is 18.2 Å². The molecular formula is C36H57N7O7S2. The molecule has 5 N–H and O–H groups in total. The molecule has 5 rings (SSSR count). The molecule has 4 aliphatic rings. The molecule has 0 bridgehead atoms. The van der Waals surface area contributed by atoms with Gasteiger partial charge in [0.1, 0.15) is 12.1 Å². The maximum atomic E-state index is 14.5. The number of aryl methyl sites for hydroxylation is 2. The van der Waals surface area contributed by atoms with E-state index in [4.69, 9.17) is 5.73 Å². The van der Waals surface area contributed by atoms with Gasteiger partial charge >= 0.3 is 6.03 Å². The maximum absolute atomic E-state index is 14.5. The number of primary amides is 1. The number of thiazole rings is 1. The summed E-state index contributed by atoms with van der Waals surface area (Å²) in [7, 11) is -2.35. The summed E-state index contributed by atoms with van der Waals surface area (Å²) in [4.78, 5) is 72.7. The number of ketones is 1. The minimum atomic E-state index is -3.86. The quantitative estimate of drug-likeness (QED) is 0.207. The Labute approximate surface area is 311 Å². The van der Waals surface area contributed by atoms with E-state index in [1.165, 1.54) is 16.3 Å². The number of fused-ring (bicyclic) bond motifs is 1. The van der Waals surface area contributed by atoms with Crippen molar-refractivity contribution < 1.29 is 32.4 Å². The van der Waals surface area contributed by atoms with E-state index in [2.05, 4.69) is 20.9 Å². The van der Waals surface area contributed by atoms with Crippen LogP contribution in [0.5, 0.6) is 0 Å². The van der Waals surface area contributed by atoms with Crippen LogP contribution in [0.1, 0.15) is 96.7 Å². The van der Waals surface area contributed by atoms with Crippen LogP contribution in [0, 0.1) is 48.3 Å². The number of Topliss-reactive ketones (excluding diaryl/α,β-unsaturated/α-hetero) is 1. The molecule has 2 heterocycles. The predicted octanol–water partition coefficient (Wildman–Crippen LogP) is 2.87. The number of piperidine rings is 1. The number of hydrogen-bond donors (Lipinski definition) is 4. The first-order chi connectivity index (χ1) is 24.1. The lowest BCUT2D eigenvalue weighted by molar-refractivity contribution is -0.145. The van der Waals surface area contributed by atoms with Gasteiger partial charge in [0.05, 0.1) is 16.7 Å². The lowest BCUT2D eigenvalue weighted by atomic mass is 9.83. The standard InChI is InChI=1S/C36H57N7O7S2/c1-19-33(51-20(2)38-19)52(49,50)42(8)18-25(22-12-10-9-11-13-22)40-34(48)41-29(35(3,4)5)32(47)43-17-23-26(36(23,6)7)27(43)31(46)39-24(16-21-14-15-21)28(44)30(37)45/h21-27,29H,9-18H2,1-8H3,(H2,37,45)(H,39,46)(H2,40,41,48)/t23-,24?,25+,26-,27-,29+/m0/s1. The van der Waals surface area contributed by atoms with Gasteiger partial charge in [0.25, 0.3) is 15.9 Å². The highest BCUT2D eigenvalue weighted by atomic mass is 32.2. The highest BCUT2D eigenvalue weighted by Crippen LogP contribution is 2.65. The van der Waals surface area contributed by atoms with Crippen LogP contribution < -0.4 is 21.7 Å². The molecule has 5 amide bonds. The number of amides is 5. The van der Waals surface area contributed by atoms with Crippen molar-refractivity contribution in [3.63, 3.8) is 0 Å². The van der Waals surface area contributed by atoms with Crippen molar-refractivity contribution in [2.75, 3.05) is 20.1 Å². The van der Waals surface area contributed by atoms with E-state index in [1.54, 1.807) is 13.8 Å². The van der Waals surface area contributed by atoms with Crippen LogP contribution in [-0.2, 0) is 29.2 Å². The van der Waals surface area contributed by atoms with Gasteiger partial charge in [0, 0.05) is 26.2 Å². The van der Waals surface area contributed by atoms with Crippen LogP contribution in [0.3, 0.4) is 0 Å². The van der Waals surface area contributed by atoms with E-state index >= 15 is 0 Å². The minimum Gasteiger partial charge on any atom is -0.363 e. The monoisotopic (exact) mass is 763 g/mol. The summed E-state index contributed by atoms with van der Waals surface area (Å²) in [6, 6.07) is -4.09. The first-order valence-corrected chi connectivity index (χ1v) is 20.8. The zero-order chi connectivity index (χ0) is 38.5. The summed E-state index contributed by atoms with van der Waals surface area (Å²) in [5.41, 5.74) is 4.79. The topological polar surface area (TPSA) is 201 Å². The smallest absolute Gasteiger partial charge is 0.315 e. The van der Waals surface area contributed by atoms with Crippen LogP contribution in [0.2, 0.25) is 0 Å². The number of likely N-dealkylation sites (N-methyl/N-ethyl adjacent to an activating group) is 1. The molecule has 0 radical (unpaired) electrons. The molecule has 4 fully saturated rings. The summed E-state index contributed by atoms with van der Waals surface area (Å²) >= 11 is 1.12. The second-order valence-corrected chi connectivity index (χ2v) is 20.6. The van der Waals surface area contributed by atoms with Gasteiger partial charge in [-0.15, -0.1) is 11.3 Å². The molecular weight excluding hydrogens is 707 g/mol. The lowest BCUT2D eigenvalue weighted by Gasteiger charge is -2.38. The van der Waals surface area contributed by atoms with Crippen LogP contribution >= 0.6 is 11.3 Å². The third kappa shape index (κ3) is 8.48. The average Bonchev–Trinajstić information content (AvgIpc) is 3.85. The summed E-state index contributed by atoms with van der Waals surface area (Å²) in [6.45, 7) is 13.4. The Hall–Kier alpha value is -3.11. The molecule has 1 aliphatic heterocycles. The predicted molar refractivity (Wildman–Crippen MR) is 196 cm³/mol. The molecule has 1 unspecified atom stereocenters. The Bertz CT molecular complexity index is 1680.